The molecule has 2 atom stereocenters. The van der Waals surface area contributed by atoms with Crippen LogP contribution in [0, 0.1) is 0 Å². The summed E-state index contributed by atoms with van der Waals surface area (Å²) in [6.07, 6.45) is 1.44. The minimum atomic E-state index is -0.729. The summed E-state index contributed by atoms with van der Waals surface area (Å²) in [6, 6.07) is 4.02. The van der Waals surface area contributed by atoms with Crippen LogP contribution in [0.2, 0.25) is 0 Å². The molecule has 1 aromatic rings. The van der Waals surface area contributed by atoms with Crippen LogP contribution < -0.4 is 4.74 Å². The molecule has 2 rings (SSSR count). The molecule has 1 aromatic carbocycles. The van der Waals surface area contributed by atoms with E-state index in [1.165, 1.54) is 5.56 Å². The largest absolute Gasteiger partial charge is 0.493 e. The van der Waals surface area contributed by atoms with Gasteiger partial charge in [-0.2, -0.15) is 0 Å². The number of fused-ring (bicyclic) bond motifs is 1. The van der Waals surface area contributed by atoms with E-state index in [9.17, 15) is 10.2 Å². The molecule has 100 valence electrons. The number of hydrogen-bond acceptors (Lipinski definition) is 3. The van der Waals surface area contributed by atoms with Crippen molar-refractivity contribution in [2.24, 2.45) is 0 Å². The van der Waals surface area contributed by atoms with Gasteiger partial charge < -0.3 is 14.9 Å². The Morgan fingerprint density at radius 1 is 1.33 bits per heavy atom. The molecule has 0 spiro atoms. The number of rotatable bonds is 5. The average molecular weight is 315 g/mol. The van der Waals surface area contributed by atoms with Crippen molar-refractivity contribution in [3.8, 4) is 5.75 Å². The van der Waals surface area contributed by atoms with E-state index in [4.69, 9.17) is 4.74 Å². The number of aliphatic hydroxyl groups excluding tert-OH is 2. The Labute approximate surface area is 116 Å². The monoisotopic (exact) mass is 314 g/mol. The summed E-state index contributed by atoms with van der Waals surface area (Å²) < 4.78 is 6.61. The first-order valence-electron chi connectivity index (χ1n) is 6.42. The molecule has 0 saturated heterocycles. The fraction of sp³-hybridized carbons (Fsp3) is 0.571. The van der Waals surface area contributed by atoms with Crippen LogP contribution in [0.5, 0.6) is 5.75 Å². The number of benzene rings is 1. The highest BCUT2D eigenvalue weighted by atomic mass is 79.9. The van der Waals surface area contributed by atoms with Crippen LogP contribution in [0.4, 0.5) is 0 Å². The van der Waals surface area contributed by atoms with Gasteiger partial charge in [-0.05, 0) is 29.7 Å². The summed E-state index contributed by atoms with van der Waals surface area (Å²) in [7, 11) is 0. The second kappa shape index (κ2) is 6.04. The molecule has 0 bridgehead atoms. The quantitative estimate of drug-likeness (QED) is 0.877. The Morgan fingerprint density at radius 3 is 2.83 bits per heavy atom. The van der Waals surface area contributed by atoms with Crippen LogP contribution >= 0.6 is 15.9 Å². The smallest absolute Gasteiger partial charge is 0.125 e. The fourth-order valence-electron chi connectivity index (χ4n) is 2.35. The fourth-order valence-corrected chi connectivity index (χ4v) is 2.90. The van der Waals surface area contributed by atoms with Gasteiger partial charge in [-0.25, -0.2) is 0 Å². The predicted octanol–water partition coefficient (Wildman–Crippen LogP) is 2.45. The third kappa shape index (κ3) is 3.05. The van der Waals surface area contributed by atoms with Gasteiger partial charge in [0.05, 0.1) is 18.8 Å². The van der Waals surface area contributed by atoms with E-state index in [2.05, 4.69) is 22.0 Å². The van der Waals surface area contributed by atoms with E-state index in [1.807, 2.05) is 13.0 Å². The van der Waals surface area contributed by atoms with Gasteiger partial charge >= 0.3 is 0 Å². The van der Waals surface area contributed by atoms with E-state index in [1.54, 1.807) is 0 Å². The van der Waals surface area contributed by atoms with Gasteiger partial charge in [0.25, 0.3) is 0 Å². The topological polar surface area (TPSA) is 49.7 Å². The van der Waals surface area contributed by atoms with Gasteiger partial charge in [0.15, 0.2) is 0 Å². The van der Waals surface area contributed by atoms with Crippen LogP contribution in [0.15, 0.2) is 16.6 Å². The molecule has 2 N–H and O–H groups in total. The van der Waals surface area contributed by atoms with Crippen molar-refractivity contribution >= 4 is 15.9 Å². The van der Waals surface area contributed by atoms with E-state index in [0.717, 1.165) is 28.6 Å². The van der Waals surface area contributed by atoms with E-state index < -0.39 is 12.2 Å². The van der Waals surface area contributed by atoms with Crippen molar-refractivity contribution in [3.63, 3.8) is 0 Å². The van der Waals surface area contributed by atoms with Crippen molar-refractivity contribution in [2.75, 3.05) is 6.61 Å². The first-order chi connectivity index (χ1) is 8.61. The van der Waals surface area contributed by atoms with Gasteiger partial charge in [0.1, 0.15) is 5.75 Å². The zero-order valence-corrected chi connectivity index (χ0v) is 12.1. The maximum Gasteiger partial charge on any atom is 0.125 e. The number of halogens is 1. The summed E-state index contributed by atoms with van der Waals surface area (Å²) in [4.78, 5) is 0. The summed E-state index contributed by atoms with van der Waals surface area (Å²) in [5.74, 6) is 0.890. The SMILES string of the molecule is CCCC(O)C(O)Cc1cc(Br)cc2c1OCC2. The molecule has 0 saturated carbocycles. The summed E-state index contributed by atoms with van der Waals surface area (Å²) in [6.45, 7) is 2.70. The van der Waals surface area contributed by atoms with Crippen LogP contribution in [0.1, 0.15) is 30.9 Å². The molecule has 0 aliphatic carbocycles. The Morgan fingerprint density at radius 2 is 2.11 bits per heavy atom. The molecular formula is C14H19BrO3. The molecule has 1 aliphatic heterocycles. The van der Waals surface area contributed by atoms with Crippen molar-refractivity contribution in [1.29, 1.82) is 0 Å². The third-order valence-corrected chi connectivity index (χ3v) is 3.74. The van der Waals surface area contributed by atoms with Crippen LogP contribution in [0.25, 0.3) is 0 Å². The Hall–Kier alpha value is -0.580. The Balaban J connectivity index is 2.14. The number of ether oxygens (including phenoxy) is 1. The van der Waals surface area contributed by atoms with Gasteiger partial charge in [-0.15, -0.1) is 0 Å². The van der Waals surface area contributed by atoms with Crippen molar-refractivity contribution < 1.29 is 14.9 Å². The standard InChI is InChI=1S/C14H19BrO3/c1-2-3-12(16)13(17)8-10-7-11(15)6-9-4-5-18-14(9)10/h6-7,12-13,16-17H,2-5,8H2,1H3. The van der Waals surface area contributed by atoms with Gasteiger partial charge in [0, 0.05) is 17.3 Å². The molecule has 3 nitrogen and oxygen atoms in total. The Bertz CT molecular complexity index is 420. The van der Waals surface area contributed by atoms with Gasteiger partial charge in [0.2, 0.25) is 0 Å². The van der Waals surface area contributed by atoms with Crippen LogP contribution in [-0.2, 0) is 12.8 Å². The summed E-state index contributed by atoms with van der Waals surface area (Å²) >= 11 is 3.47. The highest BCUT2D eigenvalue weighted by Crippen LogP contribution is 2.34. The molecular weight excluding hydrogens is 296 g/mol. The maximum atomic E-state index is 10.0. The lowest BCUT2D eigenvalue weighted by Crippen LogP contribution is -2.27. The molecule has 0 radical (unpaired) electrons. The lowest BCUT2D eigenvalue weighted by atomic mass is 9.98. The lowest BCUT2D eigenvalue weighted by Gasteiger charge is -2.18. The van der Waals surface area contributed by atoms with Crippen LogP contribution in [0.3, 0.4) is 0 Å². The molecule has 18 heavy (non-hydrogen) atoms. The molecule has 1 heterocycles. The normalized spacial score (nSPS) is 17.1. The predicted molar refractivity (Wildman–Crippen MR) is 74.0 cm³/mol. The third-order valence-electron chi connectivity index (χ3n) is 3.28. The lowest BCUT2D eigenvalue weighted by molar-refractivity contribution is 0.0145. The van der Waals surface area contributed by atoms with E-state index in [-0.39, 0.29) is 0 Å². The summed E-state index contributed by atoms with van der Waals surface area (Å²) in [5.41, 5.74) is 2.15. The minimum Gasteiger partial charge on any atom is -0.493 e. The Kier molecular flexibility index (Phi) is 4.65. The highest BCUT2D eigenvalue weighted by molar-refractivity contribution is 9.10. The second-order valence-corrected chi connectivity index (χ2v) is 5.69. The number of hydrogen-bond donors (Lipinski definition) is 2. The maximum absolute atomic E-state index is 10.0. The first kappa shape index (κ1) is 13.8. The summed E-state index contributed by atoms with van der Waals surface area (Å²) in [5, 5.41) is 19.8. The van der Waals surface area contributed by atoms with E-state index in [0.29, 0.717) is 19.4 Å². The van der Waals surface area contributed by atoms with Gasteiger partial charge in [-0.1, -0.05) is 29.3 Å². The molecule has 1 aliphatic rings. The van der Waals surface area contributed by atoms with Crippen molar-refractivity contribution in [1.82, 2.24) is 0 Å². The molecule has 0 fully saturated rings. The minimum absolute atomic E-state index is 0.433. The number of aliphatic hydroxyl groups is 2. The average Bonchev–Trinajstić information content (AvgIpc) is 2.77. The van der Waals surface area contributed by atoms with E-state index >= 15 is 0 Å². The second-order valence-electron chi connectivity index (χ2n) is 4.78. The van der Waals surface area contributed by atoms with Crippen molar-refractivity contribution in [2.45, 2.75) is 44.8 Å². The molecule has 2 unspecified atom stereocenters. The zero-order valence-electron chi connectivity index (χ0n) is 10.5. The molecule has 0 amide bonds. The van der Waals surface area contributed by atoms with Crippen LogP contribution in [-0.4, -0.2) is 29.0 Å². The zero-order chi connectivity index (χ0) is 13.1. The first-order valence-corrected chi connectivity index (χ1v) is 7.21. The van der Waals surface area contributed by atoms with Gasteiger partial charge in [-0.3, -0.25) is 0 Å². The van der Waals surface area contributed by atoms with Crippen molar-refractivity contribution in [3.05, 3.63) is 27.7 Å². The molecule has 4 heteroatoms. The molecule has 0 aromatic heterocycles. The highest BCUT2D eigenvalue weighted by Gasteiger charge is 2.22.